The SMILES string of the molecule is [CH]1C=CC=CC=CCCCCC=C1. The van der Waals surface area contributed by atoms with Crippen LogP contribution in [0.15, 0.2) is 48.6 Å². The Kier molecular flexibility index (Phi) is 5.87. The lowest BCUT2D eigenvalue weighted by molar-refractivity contribution is 0.762. The summed E-state index contributed by atoms with van der Waals surface area (Å²) in [4.78, 5) is 0. The second-order valence-corrected chi connectivity index (χ2v) is 3.10. The molecular formula is C13H17. The zero-order valence-corrected chi connectivity index (χ0v) is 8.02. The molecule has 0 fully saturated rings. The summed E-state index contributed by atoms with van der Waals surface area (Å²) in [6.45, 7) is 0. The van der Waals surface area contributed by atoms with Crippen molar-refractivity contribution in [1.29, 1.82) is 0 Å². The van der Waals surface area contributed by atoms with Crippen LogP contribution < -0.4 is 0 Å². The molecule has 0 saturated carbocycles. The largest absolute Gasteiger partial charge is 0.0879 e. The van der Waals surface area contributed by atoms with Crippen LogP contribution in [-0.4, -0.2) is 0 Å². The zero-order valence-electron chi connectivity index (χ0n) is 8.02. The van der Waals surface area contributed by atoms with Crippen molar-refractivity contribution >= 4 is 0 Å². The molecule has 0 heterocycles. The van der Waals surface area contributed by atoms with Gasteiger partial charge in [0.15, 0.2) is 0 Å². The van der Waals surface area contributed by atoms with Crippen LogP contribution in [0.1, 0.15) is 25.7 Å². The molecule has 1 rings (SSSR count). The number of hydrogen-bond acceptors (Lipinski definition) is 0. The van der Waals surface area contributed by atoms with E-state index in [9.17, 15) is 0 Å². The highest BCUT2D eigenvalue weighted by atomic mass is 13.9. The molecule has 0 spiro atoms. The van der Waals surface area contributed by atoms with Crippen molar-refractivity contribution in [2.45, 2.75) is 25.7 Å². The highest BCUT2D eigenvalue weighted by molar-refractivity contribution is 5.17. The second kappa shape index (κ2) is 7.60. The zero-order chi connectivity index (χ0) is 9.19. The molecule has 0 atom stereocenters. The summed E-state index contributed by atoms with van der Waals surface area (Å²) in [5.74, 6) is 0. The van der Waals surface area contributed by atoms with Gasteiger partial charge in [-0.2, -0.15) is 0 Å². The number of hydrogen-bond donors (Lipinski definition) is 0. The van der Waals surface area contributed by atoms with Gasteiger partial charge in [-0.05, 0) is 25.7 Å². The van der Waals surface area contributed by atoms with Gasteiger partial charge in [-0.15, -0.1) is 0 Å². The van der Waals surface area contributed by atoms with Gasteiger partial charge in [0.1, 0.15) is 0 Å². The molecule has 1 aliphatic rings. The highest BCUT2D eigenvalue weighted by Gasteiger charge is 1.83. The quantitative estimate of drug-likeness (QED) is 0.519. The van der Waals surface area contributed by atoms with Crippen LogP contribution in [0.25, 0.3) is 0 Å². The molecule has 0 aliphatic heterocycles. The smallest absolute Gasteiger partial charge is 0.00473 e. The first-order valence-electron chi connectivity index (χ1n) is 4.98. The van der Waals surface area contributed by atoms with Gasteiger partial charge >= 0.3 is 0 Å². The van der Waals surface area contributed by atoms with E-state index in [1.165, 1.54) is 25.7 Å². The van der Waals surface area contributed by atoms with Crippen LogP contribution in [0.3, 0.4) is 0 Å². The Labute approximate surface area is 81.4 Å². The van der Waals surface area contributed by atoms with Crippen molar-refractivity contribution < 1.29 is 0 Å². The predicted octanol–water partition coefficient (Wildman–Crippen LogP) is 3.99. The van der Waals surface area contributed by atoms with Gasteiger partial charge in [0, 0.05) is 6.42 Å². The minimum Gasteiger partial charge on any atom is -0.0879 e. The van der Waals surface area contributed by atoms with Crippen LogP contribution in [0, 0.1) is 6.42 Å². The molecule has 1 aliphatic carbocycles. The molecule has 69 valence electrons. The Morgan fingerprint density at radius 3 is 2.00 bits per heavy atom. The molecule has 0 saturated heterocycles. The predicted molar refractivity (Wildman–Crippen MR) is 59.3 cm³/mol. The summed E-state index contributed by atoms with van der Waals surface area (Å²) in [6, 6.07) is 0. The lowest BCUT2D eigenvalue weighted by Crippen LogP contribution is -1.72. The molecule has 0 aromatic carbocycles. The maximum atomic E-state index is 2.23. The fourth-order valence-corrected chi connectivity index (χ4v) is 1.19. The Morgan fingerprint density at radius 2 is 1.15 bits per heavy atom. The Morgan fingerprint density at radius 1 is 0.538 bits per heavy atom. The van der Waals surface area contributed by atoms with Crippen molar-refractivity contribution in [2.75, 3.05) is 0 Å². The maximum Gasteiger partial charge on any atom is 0.00473 e. The Balaban J connectivity index is 2.38. The van der Waals surface area contributed by atoms with E-state index in [0.29, 0.717) is 0 Å². The average Bonchev–Trinajstić information content (AvgIpc) is 2.18. The van der Waals surface area contributed by atoms with E-state index in [2.05, 4.69) is 49.0 Å². The summed E-state index contributed by atoms with van der Waals surface area (Å²) in [5.41, 5.74) is 0. The molecule has 0 amide bonds. The topological polar surface area (TPSA) is 0 Å². The lowest BCUT2D eigenvalue weighted by Gasteiger charge is -1.91. The van der Waals surface area contributed by atoms with Crippen LogP contribution in [0.4, 0.5) is 0 Å². The van der Waals surface area contributed by atoms with Crippen molar-refractivity contribution in [3.63, 3.8) is 0 Å². The molecule has 0 N–H and O–H groups in total. The van der Waals surface area contributed by atoms with Gasteiger partial charge < -0.3 is 0 Å². The first-order chi connectivity index (χ1) is 6.50. The van der Waals surface area contributed by atoms with Gasteiger partial charge in [0.2, 0.25) is 0 Å². The molecule has 13 heavy (non-hydrogen) atoms. The van der Waals surface area contributed by atoms with Crippen LogP contribution in [0.2, 0.25) is 0 Å². The average molecular weight is 173 g/mol. The van der Waals surface area contributed by atoms with E-state index in [-0.39, 0.29) is 0 Å². The first-order valence-corrected chi connectivity index (χ1v) is 4.98. The Hall–Kier alpha value is -1.04. The third-order valence-electron chi connectivity index (χ3n) is 1.93. The summed E-state index contributed by atoms with van der Waals surface area (Å²) in [5, 5.41) is 0. The minimum absolute atomic E-state index is 1.20. The second-order valence-electron chi connectivity index (χ2n) is 3.10. The van der Waals surface area contributed by atoms with Crippen LogP contribution in [0.5, 0.6) is 0 Å². The van der Waals surface area contributed by atoms with E-state index in [0.717, 1.165) is 0 Å². The highest BCUT2D eigenvalue weighted by Crippen LogP contribution is 2.02. The fourth-order valence-electron chi connectivity index (χ4n) is 1.19. The van der Waals surface area contributed by atoms with Gasteiger partial charge in [-0.3, -0.25) is 0 Å². The van der Waals surface area contributed by atoms with Gasteiger partial charge in [0.25, 0.3) is 0 Å². The van der Waals surface area contributed by atoms with Gasteiger partial charge in [0.05, 0.1) is 0 Å². The Bertz CT molecular complexity index is 216. The van der Waals surface area contributed by atoms with Crippen LogP contribution in [-0.2, 0) is 0 Å². The van der Waals surface area contributed by atoms with E-state index in [1.807, 2.05) is 6.08 Å². The van der Waals surface area contributed by atoms with Crippen molar-refractivity contribution in [3.8, 4) is 0 Å². The summed E-state index contributed by atoms with van der Waals surface area (Å²) in [6.07, 6.45) is 24.0. The van der Waals surface area contributed by atoms with Crippen molar-refractivity contribution in [3.05, 3.63) is 55.0 Å². The normalized spacial score (nSPS) is 19.1. The van der Waals surface area contributed by atoms with E-state index >= 15 is 0 Å². The summed E-state index contributed by atoms with van der Waals surface area (Å²) in [7, 11) is 0. The third kappa shape index (κ3) is 6.15. The molecule has 0 nitrogen and oxygen atoms in total. The molecule has 0 bridgehead atoms. The molecule has 0 heteroatoms. The monoisotopic (exact) mass is 173 g/mol. The molecule has 0 unspecified atom stereocenters. The summed E-state index contributed by atoms with van der Waals surface area (Å²) >= 11 is 0. The molecule has 0 aromatic rings. The lowest BCUT2D eigenvalue weighted by atomic mass is 10.2. The van der Waals surface area contributed by atoms with E-state index < -0.39 is 0 Å². The summed E-state index contributed by atoms with van der Waals surface area (Å²) < 4.78 is 0. The molecule has 1 radical (unpaired) electrons. The standard InChI is InChI=1S/C13H17/c1-2-4-6-8-10-12-13-11-9-7-5-3-1/h1-9H,10-13H2. The third-order valence-corrected chi connectivity index (χ3v) is 1.93. The fraction of sp³-hybridized carbons (Fsp3) is 0.308. The molecular weight excluding hydrogens is 156 g/mol. The molecule has 0 aromatic heterocycles. The van der Waals surface area contributed by atoms with Crippen molar-refractivity contribution in [2.24, 2.45) is 0 Å². The van der Waals surface area contributed by atoms with Crippen molar-refractivity contribution in [1.82, 2.24) is 0 Å². The van der Waals surface area contributed by atoms with E-state index in [1.54, 1.807) is 0 Å². The maximum absolute atomic E-state index is 2.23. The van der Waals surface area contributed by atoms with Crippen LogP contribution >= 0.6 is 0 Å². The number of allylic oxidation sites excluding steroid dienone is 8. The minimum atomic E-state index is 1.20. The first kappa shape index (κ1) is 10.0. The van der Waals surface area contributed by atoms with Gasteiger partial charge in [-0.1, -0.05) is 48.6 Å². The van der Waals surface area contributed by atoms with E-state index in [4.69, 9.17) is 0 Å². The number of rotatable bonds is 0. The van der Waals surface area contributed by atoms with Gasteiger partial charge in [-0.25, -0.2) is 0 Å².